The van der Waals surface area contributed by atoms with Crippen molar-refractivity contribution in [1.29, 1.82) is 5.41 Å². The largest absolute Gasteiger partial charge is 0.383 e. The van der Waals surface area contributed by atoms with Gasteiger partial charge in [-0.05, 0) is 0 Å². The van der Waals surface area contributed by atoms with E-state index in [0.29, 0.717) is 18.5 Å². The fraction of sp³-hybridized carbons (Fsp3) is 0.250. The first-order chi connectivity index (χ1) is 6.19. The number of hydrogen-bond acceptors (Lipinski definition) is 5. The molecule has 5 heteroatoms. The van der Waals surface area contributed by atoms with Crippen LogP contribution in [0.4, 0.5) is 5.82 Å². The molecule has 0 aliphatic carbocycles. The zero-order valence-electron chi connectivity index (χ0n) is 7.24. The van der Waals surface area contributed by atoms with Gasteiger partial charge in [-0.1, -0.05) is 6.92 Å². The Hall–Kier alpha value is -1.78. The number of aryl methyl sites for hydroxylation is 1. The summed E-state index contributed by atoms with van der Waals surface area (Å²) in [5, 5.41) is 6.76. The number of carbonyl (C=O) groups is 1. The van der Waals surface area contributed by atoms with Crippen molar-refractivity contribution in [2.24, 2.45) is 0 Å². The molecule has 0 saturated carbocycles. The Balaban J connectivity index is 3.12. The maximum absolute atomic E-state index is 11.0. The molecule has 1 aromatic rings. The maximum Gasteiger partial charge on any atom is 0.208 e. The first-order valence-corrected chi connectivity index (χ1v) is 3.85. The summed E-state index contributed by atoms with van der Waals surface area (Å²) in [7, 11) is 0. The van der Waals surface area contributed by atoms with Gasteiger partial charge >= 0.3 is 0 Å². The molecular formula is C8H10N4O. The molecule has 0 spiro atoms. The Kier molecular flexibility index (Phi) is 2.69. The van der Waals surface area contributed by atoms with Crippen LogP contribution in [0.3, 0.4) is 0 Å². The molecule has 0 aliphatic heterocycles. The Bertz CT molecular complexity index is 348. The molecule has 0 saturated heterocycles. The van der Waals surface area contributed by atoms with Crippen LogP contribution in [0, 0.1) is 5.41 Å². The van der Waals surface area contributed by atoms with Crippen LogP contribution in [0.2, 0.25) is 0 Å². The topological polar surface area (TPSA) is 92.7 Å². The summed E-state index contributed by atoms with van der Waals surface area (Å²) in [4.78, 5) is 18.8. The number of ketones is 1. The Morgan fingerprint density at radius 2 is 2.46 bits per heavy atom. The molecule has 0 atom stereocenters. The molecule has 13 heavy (non-hydrogen) atoms. The van der Waals surface area contributed by atoms with E-state index < -0.39 is 5.78 Å². The van der Waals surface area contributed by atoms with Crippen molar-refractivity contribution in [2.75, 3.05) is 5.73 Å². The third-order valence-electron chi connectivity index (χ3n) is 1.58. The van der Waals surface area contributed by atoms with E-state index in [1.54, 1.807) is 0 Å². The normalized spacial score (nSPS) is 9.62. The first-order valence-electron chi connectivity index (χ1n) is 3.85. The second-order valence-electron chi connectivity index (χ2n) is 2.45. The van der Waals surface area contributed by atoms with E-state index >= 15 is 0 Å². The van der Waals surface area contributed by atoms with Crippen LogP contribution in [-0.4, -0.2) is 22.0 Å². The number of rotatable bonds is 3. The van der Waals surface area contributed by atoms with Gasteiger partial charge in [0.1, 0.15) is 11.6 Å². The molecule has 3 N–H and O–H groups in total. The lowest BCUT2D eigenvalue weighted by molar-refractivity contribution is 0.107. The van der Waals surface area contributed by atoms with E-state index in [4.69, 9.17) is 11.1 Å². The van der Waals surface area contributed by atoms with Gasteiger partial charge in [-0.25, -0.2) is 9.97 Å². The van der Waals surface area contributed by atoms with Crippen molar-refractivity contribution < 1.29 is 4.79 Å². The first kappa shape index (κ1) is 9.31. The average molecular weight is 178 g/mol. The van der Waals surface area contributed by atoms with E-state index in [1.807, 2.05) is 6.92 Å². The number of carbonyl (C=O) groups excluding carboxylic acids is 1. The molecular weight excluding hydrogens is 168 g/mol. The maximum atomic E-state index is 11.0. The molecule has 0 unspecified atom stereocenters. The van der Waals surface area contributed by atoms with Crippen LogP contribution >= 0.6 is 0 Å². The molecule has 1 rings (SSSR count). The number of nitrogens with two attached hydrogens (primary N) is 1. The van der Waals surface area contributed by atoms with Crippen molar-refractivity contribution in [3.8, 4) is 0 Å². The van der Waals surface area contributed by atoms with Gasteiger partial charge in [0.15, 0.2) is 0 Å². The molecule has 1 aromatic heterocycles. The second kappa shape index (κ2) is 3.75. The zero-order chi connectivity index (χ0) is 9.84. The van der Waals surface area contributed by atoms with Gasteiger partial charge in [-0.15, -0.1) is 0 Å². The highest BCUT2D eigenvalue weighted by molar-refractivity contribution is 6.35. The molecule has 5 nitrogen and oxygen atoms in total. The molecule has 0 aliphatic rings. The van der Waals surface area contributed by atoms with Crippen molar-refractivity contribution in [2.45, 2.75) is 13.3 Å². The summed E-state index contributed by atoms with van der Waals surface area (Å²) in [6.45, 7) is 1.90. The monoisotopic (exact) mass is 178 g/mol. The highest BCUT2D eigenvalue weighted by atomic mass is 16.1. The Morgan fingerprint density at radius 1 is 1.77 bits per heavy atom. The van der Waals surface area contributed by atoms with Gasteiger partial charge in [0.2, 0.25) is 5.78 Å². The fourth-order valence-corrected chi connectivity index (χ4v) is 0.871. The fourth-order valence-electron chi connectivity index (χ4n) is 0.871. The molecule has 0 aromatic carbocycles. The number of aromatic nitrogens is 2. The predicted octanol–water partition coefficient (Wildman–Crippen LogP) is 0.453. The number of nitrogen functional groups attached to an aromatic ring is 1. The van der Waals surface area contributed by atoms with E-state index in [1.165, 1.54) is 6.20 Å². The van der Waals surface area contributed by atoms with Gasteiger partial charge in [0.05, 0.1) is 11.8 Å². The van der Waals surface area contributed by atoms with Crippen LogP contribution < -0.4 is 5.73 Å². The van der Waals surface area contributed by atoms with Crippen molar-refractivity contribution in [1.82, 2.24) is 9.97 Å². The van der Waals surface area contributed by atoms with Gasteiger partial charge in [0, 0.05) is 12.6 Å². The van der Waals surface area contributed by atoms with Crippen LogP contribution in [0.15, 0.2) is 6.20 Å². The smallest absolute Gasteiger partial charge is 0.208 e. The molecule has 1 heterocycles. The second-order valence-corrected chi connectivity index (χ2v) is 2.45. The molecule has 0 bridgehead atoms. The van der Waals surface area contributed by atoms with Gasteiger partial charge < -0.3 is 11.1 Å². The van der Waals surface area contributed by atoms with Crippen LogP contribution in [0.25, 0.3) is 0 Å². The van der Waals surface area contributed by atoms with Crippen molar-refractivity contribution in [3.05, 3.63) is 17.6 Å². The third kappa shape index (κ3) is 1.87. The summed E-state index contributed by atoms with van der Waals surface area (Å²) in [6, 6.07) is 0. The number of hydrogen-bond donors (Lipinski definition) is 2. The summed E-state index contributed by atoms with van der Waals surface area (Å²) in [6.07, 6.45) is 2.72. The SMILES string of the molecule is CCc1ncc(C(=O)C=N)c(N)n1. The third-order valence-corrected chi connectivity index (χ3v) is 1.58. The lowest BCUT2D eigenvalue weighted by Crippen LogP contribution is -2.09. The predicted molar refractivity (Wildman–Crippen MR) is 48.9 cm³/mol. The summed E-state index contributed by atoms with van der Waals surface area (Å²) < 4.78 is 0. The van der Waals surface area contributed by atoms with E-state index in [2.05, 4.69) is 9.97 Å². The molecule has 0 radical (unpaired) electrons. The molecule has 68 valence electrons. The number of anilines is 1. The minimum Gasteiger partial charge on any atom is -0.383 e. The standard InChI is InChI=1S/C8H10N4O/c1-2-7-11-4-5(6(13)3-9)8(10)12-7/h3-4,9H,2H2,1H3,(H2,10,11,12). The van der Waals surface area contributed by atoms with E-state index in [-0.39, 0.29) is 11.4 Å². The summed E-state index contributed by atoms with van der Waals surface area (Å²) in [5.74, 6) is 0.263. The lowest BCUT2D eigenvalue weighted by atomic mass is 10.2. The zero-order valence-corrected chi connectivity index (χ0v) is 7.24. The van der Waals surface area contributed by atoms with Crippen LogP contribution in [0.5, 0.6) is 0 Å². The molecule has 0 fully saturated rings. The average Bonchev–Trinajstić information content (AvgIpc) is 2.16. The highest BCUT2D eigenvalue weighted by Gasteiger charge is 2.08. The van der Waals surface area contributed by atoms with Gasteiger partial charge in [-0.2, -0.15) is 0 Å². The van der Waals surface area contributed by atoms with Gasteiger partial charge in [0.25, 0.3) is 0 Å². The van der Waals surface area contributed by atoms with Crippen molar-refractivity contribution in [3.63, 3.8) is 0 Å². The minimum atomic E-state index is -0.472. The summed E-state index contributed by atoms with van der Waals surface area (Å²) >= 11 is 0. The Morgan fingerprint density at radius 3 is 2.92 bits per heavy atom. The number of nitrogens with zero attached hydrogens (tertiary/aromatic N) is 2. The molecule has 0 amide bonds. The lowest BCUT2D eigenvalue weighted by Gasteiger charge is -2.01. The number of Topliss-reactive ketones (excluding diaryl/α,β-unsaturated/α-hetero) is 1. The van der Waals surface area contributed by atoms with Crippen LogP contribution in [0.1, 0.15) is 23.1 Å². The van der Waals surface area contributed by atoms with Gasteiger partial charge in [-0.3, -0.25) is 4.79 Å². The quantitative estimate of drug-likeness (QED) is 0.519. The van der Waals surface area contributed by atoms with Crippen molar-refractivity contribution >= 4 is 17.8 Å². The van der Waals surface area contributed by atoms with Crippen LogP contribution in [-0.2, 0) is 6.42 Å². The number of nitrogens with one attached hydrogen (secondary N) is 1. The highest BCUT2D eigenvalue weighted by Crippen LogP contribution is 2.07. The van der Waals surface area contributed by atoms with E-state index in [0.717, 1.165) is 0 Å². The van der Waals surface area contributed by atoms with E-state index in [9.17, 15) is 4.79 Å². The Labute approximate surface area is 75.5 Å². The minimum absolute atomic E-state index is 0.139. The summed E-state index contributed by atoms with van der Waals surface area (Å²) in [5.41, 5.74) is 5.69.